The molecule has 1 aromatic rings. The first kappa shape index (κ1) is 13.5. The van der Waals surface area contributed by atoms with E-state index in [9.17, 15) is 5.11 Å². The van der Waals surface area contributed by atoms with E-state index in [-0.39, 0.29) is 11.8 Å². The van der Waals surface area contributed by atoms with Crippen LogP contribution in [0.3, 0.4) is 0 Å². The molecule has 1 atom stereocenters. The molecule has 0 saturated carbocycles. The van der Waals surface area contributed by atoms with Crippen LogP contribution in [0.2, 0.25) is 0 Å². The van der Waals surface area contributed by atoms with Gasteiger partial charge in [-0.15, -0.1) is 0 Å². The SMILES string of the molecule is COc1ccc(C2CN=C(N)N2CC(C)C)cc1O. The van der Waals surface area contributed by atoms with Crippen molar-refractivity contribution in [1.82, 2.24) is 4.90 Å². The number of benzene rings is 1. The number of nitrogens with zero attached hydrogens (tertiary/aromatic N) is 2. The lowest BCUT2D eigenvalue weighted by atomic mass is 10.0. The molecular weight excluding hydrogens is 242 g/mol. The topological polar surface area (TPSA) is 71.1 Å². The van der Waals surface area contributed by atoms with Crippen LogP contribution in [0.5, 0.6) is 11.5 Å². The fourth-order valence-corrected chi connectivity index (χ4v) is 2.34. The van der Waals surface area contributed by atoms with Gasteiger partial charge in [0.1, 0.15) is 0 Å². The maximum Gasteiger partial charge on any atom is 0.191 e. The number of guanidine groups is 1. The zero-order valence-electron chi connectivity index (χ0n) is 11.6. The molecule has 0 bridgehead atoms. The summed E-state index contributed by atoms with van der Waals surface area (Å²) in [6.07, 6.45) is 0. The van der Waals surface area contributed by atoms with Crippen molar-refractivity contribution in [2.75, 3.05) is 20.2 Å². The third kappa shape index (κ3) is 2.75. The average molecular weight is 263 g/mol. The molecule has 5 heteroatoms. The van der Waals surface area contributed by atoms with Crippen LogP contribution in [0, 0.1) is 5.92 Å². The summed E-state index contributed by atoms with van der Waals surface area (Å²) in [5.41, 5.74) is 6.94. The first-order valence-corrected chi connectivity index (χ1v) is 6.46. The van der Waals surface area contributed by atoms with Gasteiger partial charge in [0.05, 0.1) is 19.7 Å². The largest absolute Gasteiger partial charge is 0.504 e. The fourth-order valence-electron chi connectivity index (χ4n) is 2.34. The van der Waals surface area contributed by atoms with Crippen molar-refractivity contribution in [3.05, 3.63) is 23.8 Å². The molecule has 2 rings (SSSR count). The van der Waals surface area contributed by atoms with E-state index in [0.29, 0.717) is 24.2 Å². The quantitative estimate of drug-likeness (QED) is 0.868. The average Bonchev–Trinajstić information content (AvgIpc) is 2.70. The Hall–Kier alpha value is -1.91. The zero-order chi connectivity index (χ0) is 14.0. The lowest BCUT2D eigenvalue weighted by Gasteiger charge is -2.28. The number of methoxy groups -OCH3 is 1. The summed E-state index contributed by atoms with van der Waals surface area (Å²) in [6, 6.07) is 5.54. The minimum absolute atomic E-state index is 0.0965. The number of rotatable bonds is 4. The van der Waals surface area contributed by atoms with Crippen LogP contribution in [0.25, 0.3) is 0 Å². The van der Waals surface area contributed by atoms with Gasteiger partial charge in [-0.05, 0) is 23.6 Å². The Morgan fingerprint density at radius 2 is 2.26 bits per heavy atom. The number of hydrogen-bond acceptors (Lipinski definition) is 5. The second-order valence-corrected chi connectivity index (χ2v) is 5.19. The number of ether oxygens (including phenoxy) is 1. The lowest BCUT2D eigenvalue weighted by Crippen LogP contribution is -2.38. The molecule has 104 valence electrons. The molecule has 19 heavy (non-hydrogen) atoms. The first-order chi connectivity index (χ1) is 9.02. The standard InChI is InChI=1S/C14H21N3O2/c1-9(2)8-17-11(7-16-14(17)15)10-4-5-13(19-3)12(18)6-10/h4-6,9,11,18H,7-8H2,1-3H3,(H2,15,16). The Labute approximate surface area is 113 Å². The summed E-state index contributed by atoms with van der Waals surface area (Å²) >= 11 is 0. The van der Waals surface area contributed by atoms with E-state index < -0.39 is 0 Å². The van der Waals surface area contributed by atoms with Gasteiger partial charge in [0.15, 0.2) is 17.5 Å². The molecule has 0 aromatic heterocycles. The van der Waals surface area contributed by atoms with Crippen molar-refractivity contribution >= 4 is 5.96 Å². The van der Waals surface area contributed by atoms with Crippen molar-refractivity contribution in [1.29, 1.82) is 0 Å². The molecule has 1 aliphatic rings. The van der Waals surface area contributed by atoms with Crippen molar-refractivity contribution in [3.8, 4) is 11.5 Å². The van der Waals surface area contributed by atoms with Crippen LogP contribution >= 0.6 is 0 Å². The van der Waals surface area contributed by atoms with E-state index in [1.165, 1.54) is 7.11 Å². The van der Waals surface area contributed by atoms with Crippen LogP contribution < -0.4 is 10.5 Å². The number of aliphatic imine (C=N–C) groups is 1. The number of aromatic hydroxyl groups is 1. The van der Waals surface area contributed by atoms with Crippen LogP contribution in [0.15, 0.2) is 23.2 Å². The molecule has 0 fully saturated rings. The van der Waals surface area contributed by atoms with E-state index >= 15 is 0 Å². The van der Waals surface area contributed by atoms with Gasteiger partial charge in [-0.3, -0.25) is 4.99 Å². The number of nitrogens with two attached hydrogens (primary N) is 1. The molecule has 0 radical (unpaired) electrons. The van der Waals surface area contributed by atoms with Crippen molar-refractivity contribution < 1.29 is 9.84 Å². The monoisotopic (exact) mass is 263 g/mol. The minimum atomic E-state index is 0.0965. The molecule has 0 saturated heterocycles. The molecular formula is C14H21N3O2. The predicted molar refractivity (Wildman–Crippen MR) is 75.4 cm³/mol. The van der Waals surface area contributed by atoms with E-state index in [4.69, 9.17) is 10.5 Å². The Morgan fingerprint density at radius 1 is 1.53 bits per heavy atom. The predicted octanol–water partition coefficient (Wildman–Crippen LogP) is 1.73. The van der Waals surface area contributed by atoms with Gasteiger partial charge in [0.25, 0.3) is 0 Å². The third-order valence-corrected chi connectivity index (χ3v) is 3.25. The van der Waals surface area contributed by atoms with E-state index in [0.717, 1.165) is 12.1 Å². The maximum absolute atomic E-state index is 9.87. The van der Waals surface area contributed by atoms with Gasteiger partial charge in [0.2, 0.25) is 0 Å². The third-order valence-electron chi connectivity index (χ3n) is 3.25. The van der Waals surface area contributed by atoms with Crippen molar-refractivity contribution in [2.24, 2.45) is 16.6 Å². The molecule has 1 heterocycles. The highest BCUT2D eigenvalue weighted by atomic mass is 16.5. The van der Waals surface area contributed by atoms with Gasteiger partial charge in [0, 0.05) is 6.54 Å². The van der Waals surface area contributed by atoms with E-state index in [1.54, 1.807) is 12.1 Å². The maximum atomic E-state index is 9.87. The molecule has 0 spiro atoms. The number of phenolic OH excluding ortho intramolecular Hbond substituents is 1. The molecule has 3 N–H and O–H groups in total. The molecule has 0 aliphatic carbocycles. The molecule has 1 aliphatic heterocycles. The second-order valence-electron chi connectivity index (χ2n) is 5.19. The van der Waals surface area contributed by atoms with Crippen molar-refractivity contribution in [2.45, 2.75) is 19.9 Å². The highest BCUT2D eigenvalue weighted by molar-refractivity contribution is 5.80. The molecule has 1 unspecified atom stereocenters. The Kier molecular flexibility index (Phi) is 3.83. The summed E-state index contributed by atoms with van der Waals surface area (Å²) in [7, 11) is 1.54. The summed E-state index contributed by atoms with van der Waals surface area (Å²) in [5.74, 6) is 1.70. The van der Waals surface area contributed by atoms with Gasteiger partial charge in [-0.1, -0.05) is 19.9 Å². The highest BCUT2D eigenvalue weighted by Crippen LogP contribution is 2.33. The fraction of sp³-hybridized carbons (Fsp3) is 0.500. The number of phenols is 1. The molecule has 5 nitrogen and oxygen atoms in total. The summed E-state index contributed by atoms with van der Waals surface area (Å²) in [6.45, 7) is 5.78. The van der Waals surface area contributed by atoms with Gasteiger partial charge in [-0.2, -0.15) is 0 Å². The van der Waals surface area contributed by atoms with Crippen LogP contribution in [0.4, 0.5) is 0 Å². The second kappa shape index (κ2) is 5.38. The van der Waals surface area contributed by atoms with Crippen molar-refractivity contribution in [3.63, 3.8) is 0 Å². The molecule has 1 aromatic carbocycles. The Balaban J connectivity index is 2.23. The lowest BCUT2D eigenvalue weighted by molar-refractivity contribution is 0.307. The van der Waals surface area contributed by atoms with Gasteiger partial charge in [-0.25, -0.2) is 0 Å². The van der Waals surface area contributed by atoms with Crippen LogP contribution in [0.1, 0.15) is 25.5 Å². The Morgan fingerprint density at radius 3 is 2.84 bits per heavy atom. The van der Waals surface area contributed by atoms with Crippen LogP contribution in [-0.4, -0.2) is 36.2 Å². The van der Waals surface area contributed by atoms with E-state index in [1.807, 2.05) is 6.07 Å². The summed E-state index contributed by atoms with van der Waals surface area (Å²) in [5, 5.41) is 9.87. The minimum Gasteiger partial charge on any atom is -0.504 e. The highest BCUT2D eigenvalue weighted by Gasteiger charge is 2.28. The normalized spacial score (nSPS) is 18.8. The summed E-state index contributed by atoms with van der Waals surface area (Å²) in [4.78, 5) is 6.40. The van der Waals surface area contributed by atoms with Crippen LogP contribution in [-0.2, 0) is 0 Å². The zero-order valence-corrected chi connectivity index (χ0v) is 11.6. The molecule has 0 amide bonds. The summed E-state index contributed by atoms with van der Waals surface area (Å²) < 4.78 is 5.06. The Bertz CT molecular complexity index is 486. The first-order valence-electron chi connectivity index (χ1n) is 6.46. The number of hydrogen-bond donors (Lipinski definition) is 2. The van der Waals surface area contributed by atoms with Gasteiger partial charge < -0.3 is 20.5 Å². The van der Waals surface area contributed by atoms with Gasteiger partial charge >= 0.3 is 0 Å². The smallest absolute Gasteiger partial charge is 0.191 e. The van der Waals surface area contributed by atoms with E-state index in [2.05, 4.69) is 23.7 Å².